The number of piperidine rings is 1. The first kappa shape index (κ1) is 14.0. The summed E-state index contributed by atoms with van der Waals surface area (Å²) in [5.41, 5.74) is 1.88. The molecule has 3 heterocycles. The van der Waals surface area contributed by atoms with Crippen LogP contribution in [0.4, 0.5) is 5.69 Å². The number of aryl methyl sites for hydroxylation is 1. The molecule has 2 saturated heterocycles. The maximum Gasteiger partial charge on any atom is 0.195 e. The van der Waals surface area contributed by atoms with Crippen LogP contribution < -0.4 is 4.90 Å². The SMILES string of the molecule is [2H]C([2H])(C)c1cc2c(cc1N1CC([2H])([2H])C([2H])(N3C([2H])([2H])COCC3([2H])[2H])C([2H])([2H])C1)C(C)(C)c1[nH]c3cc(C#N)ccc3c1C2=O. The fourth-order valence-corrected chi connectivity index (χ4v) is 5.27. The quantitative estimate of drug-likeness (QED) is 0.569. The predicted octanol–water partition coefficient (Wildman–Crippen LogP) is 4.77. The van der Waals surface area contributed by atoms with Gasteiger partial charge in [0.1, 0.15) is 0 Å². The summed E-state index contributed by atoms with van der Waals surface area (Å²) in [5, 5.41) is 10.0. The molecule has 186 valence electrons. The monoisotopic (exact) mass is 493 g/mol. The number of aromatic nitrogens is 1. The molecule has 1 aliphatic carbocycles. The first-order valence-corrected chi connectivity index (χ1v) is 11.8. The van der Waals surface area contributed by atoms with Crippen LogP contribution in [-0.4, -0.2) is 61.0 Å². The van der Waals surface area contributed by atoms with Gasteiger partial charge in [-0.25, -0.2) is 0 Å². The Hall–Kier alpha value is -3.14. The van der Waals surface area contributed by atoms with Gasteiger partial charge in [-0.2, -0.15) is 5.26 Å². The molecule has 0 unspecified atom stereocenters. The average molecular weight is 494 g/mol. The molecule has 6 rings (SSSR count). The number of nitriles is 1. The van der Waals surface area contributed by atoms with Crippen LogP contribution in [-0.2, 0) is 16.5 Å². The van der Waals surface area contributed by atoms with E-state index in [1.807, 2.05) is 13.8 Å². The van der Waals surface area contributed by atoms with Crippen LogP contribution in [0.15, 0.2) is 30.3 Å². The Morgan fingerprint density at radius 1 is 1.25 bits per heavy atom. The molecule has 2 aromatic carbocycles. The minimum Gasteiger partial charge on any atom is -0.379 e. The van der Waals surface area contributed by atoms with Gasteiger partial charge in [0.25, 0.3) is 0 Å². The van der Waals surface area contributed by atoms with Crippen LogP contribution in [0.3, 0.4) is 0 Å². The third-order valence-electron chi connectivity index (χ3n) is 7.19. The van der Waals surface area contributed by atoms with Crippen molar-refractivity contribution in [1.82, 2.24) is 9.88 Å². The van der Waals surface area contributed by atoms with Crippen LogP contribution in [0, 0.1) is 11.3 Å². The Balaban J connectivity index is 1.52. The van der Waals surface area contributed by atoms with E-state index in [-0.39, 0.29) is 22.6 Å². The van der Waals surface area contributed by atoms with Crippen molar-refractivity contribution >= 4 is 22.4 Å². The van der Waals surface area contributed by atoms with Crippen LogP contribution in [0.1, 0.15) is 86.9 Å². The molecule has 1 N–H and O–H groups in total. The van der Waals surface area contributed by atoms with Gasteiger partial charge in [0, 0.05) is 80.4 Å². The number of ketones is 1. The molecule has 2 fully saturated rings. The van der Waals surface area contributed by atoms with E-state index in [1.165, 1.54) is 17.9 Å². The predicted molar refractivity (Wildman–Crippen MR) is 142 cm³/mol. The fourth-order valence-electron chi connectivity index (χ4n) is 5.27. The molecule has 0 bridgehead atoms. The van der Waals surface area contributed by atoms with Gasteiger partial charge in [0.2, 0.25) is 0 Å². The standard InChI is InChI=1S/C30H34N4O2/c1-4-20-16-23-24(17-26(20)34-9-7-21(8-10-34)33-11-13-36-14-12-33)30(2,3)29-27(28(23)35)22-6-5-19(18-31)15-25(22)32-29/h5-6,15-17,21,32H,4,7-14H2,1-3H3/i4D2,7D2,8D2,11D2,12D2,21D. The van der Waals surface area contributed by atoms with E-state index in [0.29, 0.717) is 38.2 Å². The number of carbonyl (C=O) groups is 1. The van der Waals surface area contributed by atoms with Crippen molar-refractivity contribution in [2.24, 2.45) is 0 Å². The van der Waals surface area contributed by atoms with Crippen molar-refractivity contribution in [3.63, 3.8) is 0 Å². The summed E-state index contributed by atoms with van der Waals surface area (Å²) in [7, 11) is 0. The highest BCUT2D eigenvalue weighted by molar-refractivity contribution is 6.20. The molecule has 1 aromatic heterocycles. The molecule has 0 saturated carbocycles. The maximum atomic E-state index is 14.1. The third kappa shape index (κ3) is 3.56. The summed E-state index contributed by atoms with van der Waals surface area (Å²) in [4.78, 5) is 19.0. The number of hydrogen-bond donors (Lipinski definition) is 1. The zero-order valence-corrected chi connectivity index (χ0v) is 20.4. The number of benzene rings is 2. The van der Waals surface area contributed by atoms with E-state index in [9.17, 15) is 11.4 Å². The topological polar surface area (TPSA) is 72.4 Å². The molecule has 3 aromatic rings. The van der Waals surface area contributed by atoms with E-state index in [2.05, 4.69) is 11.1 Å². The number of carbonyl (C=O) groups excluding carboxylic acids is 1. The highest BCUT2D eigenvalue weighted by atomic mass is 16.5. The molecule has 0 spiro atoms. The Labute approximate surface area is 228 Å². The van der Waals surface area contributed by atoms with Gasteiger partial charge in [-0.1, -0.05) is 26.8 Å². The van der Waals surface area contributed by atoms with Crippen molar-refractivity contribution in [2.75, 3.05) is 44.2 Å². The second kappa shape index (κ2) is 8.76. The Bertz CT molecular complexity index is 1840. The number of ether oxygens (including phenoxy) is 1. The summed E-state index contributed by atoms with van der Waals surface area (Å²) >= 11 is 0. The zero-order valence-electron chi connectivity index (χ0n) is 31.4. The number of aromatic amines is 1. The van der Waals surface area contributed by atoms with Gasteiger partial charge < -0.3 is 14.6 Å². The molecule has 2 aliphatic heterocycles. The number of nitrogens with one attached hydrogen (secondary N) is 1. The molecule has 0 amide bonds. The van der Waals surface area contributed by atoms with Crippen molar-refractivity contribution in [3.05, 3.63) is 63.8 Å². The van der Waals surface area contributed by atoms with E-state index in [0.717, 1.165) is 0 Å². The smallest absolute Gasteiger partial charge is 0.195 e. The summed E-state index contributed by atoms with van der Waals surface area (Å²) in [6.45, 7) is -3.22. The second-order valence-corrected chi connectivity index (χ2v) is 9.57. The van der Waals surface area contributed by atoms with Crippen LogP contribution >= 0.6 is 0 Å². The van der Waals surface area contributed by atoms with Crippen molar-refractivity contribution in [1.29, 1.82) is 5.26 Å². The largest absolute Gasteiger partial charge is 0.379 e. The number of morpholine rings is 1. The zero-order chi connectivity index (χ0) is 34.9. The van der Waals surface area contributed by atoms with Crippen LogP contribution in [0.2, 0.25) is 0 Å². The van der Waals surface area contributed by atoms with Crippen molar-refractivity contribution in [2.45, 2.75) is 51.3 Å². The summed E-state index contributed by atoms with van der Waals surface area (Å²) in [6, 6.07) is 6.97. The number of hydrogen-bond acceptors (Lipinski definition) is 5. The minimum absolute atomic E-state index is 0.00318. The molecule has 0 atom stereocenters. The molecule has 0 radical (unpaired) electrons. The molecular formula is C30H34N4O2. The Kier molecular flexibility index (Phi) is 3.40. The Morgan fingerprint density at radius 3 is 2.69 bits per heavy atom. The molecule has 6 nitrogen and oxygen atoms in total. The third-order valence-corrected chi connectivity index (χ3v) is 7.19. The number of anilines is 1. The maximum absolute atomic E-state index is 14.1. The van der Waals surface area contributed by atoms with Gasteiger partial charge in [-0.3, -0.25) is 9.69 Å². The van der Waals surface area contributed by atoms with Gasteiger partial charge in [0.05, 0.1) is 30.4 Å². The number of nitrogens with zero attached hydrogens (tertiary/aromatic N) is 3. The summed E-state index contributed by atoms with van der Waals surface area (Å²) in [6.07, 6.45) is -7.91. The minimum atomic E-state index is -3.07. The summed E-state index contributed by atoms with van der Waals surface area (Å²) in [5.74, 6) is -0.367. The van der Waals surface area contributed by atoms with Gasteiger partial charge in [0.15, 0.2) is 5.78 Å². The lowest BCUT2D eigenvalue weighted by Crippen LogP contribution is -2.49. The van der Waals surface area contributed by atoms with E-state index >= 15 is 0 Å². The highest BCUT2D eigenvalue weighted by Gasteiger charge is 2.40. The highest BCUT2D eigenvalue weighted by Crippen LogP contribution is 2.46. The lowest BCUT2D eigenvalue weighted by Gasteiger charge is -2.42. The average Bonchev–Trinajstić information content (AvgIpc) is 3.32. The molecule has 6 heteroatoms. The molecule has 36 heavy (non-hydrogen) atoms. The molecular weight excluding hydrogens is 448 g/mol. The summed E-state index contributed by atoms with van der Waals surface area (Å²) < 4.78 is 102. The fraction of sp³-hybridized carbons (Fsp3) is 0.467. The van der Waals surface area contributed by atoms with E-state index in [1.54, 1.807) is 24.3 Å². The number of rotatable bonds is 3. The van der Waals surface area contributed by atoms with Crippen molar-refractivity contribution in [3.8, 4) is 6.07 Å². The van der Waals surface area contributed by atoms with Gasteiger partial charge in [-0.15, -0.1) is 0 Å². The number of H-pyrrole nitrogens is 1. The van der Waals surface area contributed by atoms with Crippen molar-refractivity contribution < 1.29 is 24.6 Å². The Morgan fingerprint density at radius 2 is 2.00 bits per heavy atom. The lowest BCUT2D eigenvalue weighted by atomic mass is 9.70. The normalized spacial score (nSPS) is 31.7. The van der Waals surface area contributed by atoms with E-state index in [4.69, 9.17) is 18.4 Å². The number of fused-ring (bicyclic) bond motifs is 4. The second-order valence-electron chi connectivity index (χ2n) is 9.57. The molecule has 3 aliphatic rings. The van der Waals surface area contributed by atoms with Crippen LogP contribution in [0.5, 0.6) is 0 Å². The first-order chi connectivity index (χ1) is 21.4. The van der Waals surface area contributed by atoms with Crippen LogP contribution in [0.25, 0.3) is 10.9 Å². The van der Waals surface area contributed by atoms with Gasteiger partial charge in [-0.05, 0) is 54.5 Å². The van der Waals surface area contributed by atoms with E-state index < -0.39 is 69.8 Å². The lowest BCUT2D eigenvalue weighted by molar-refractivity contribution is 0.0115. The first-order valence-electron chi connectivity index (χ1n) is 17.3. The van der Waals surface area contributed by atoms with Gasteiger partial charge >= 0.3 is 0 Å².